The van der Waals surface area contributed by atoms with Gasteiger partial charge in [0.05, 0.1) is 10.0 Å². The highest BCUT2D eigenvalue weighted by Crippen LogP contribution is 2.27. The average molecular weight is 236 g/mol. The quantitative estimate of drug-likeness (QED) is 0.813. The summed E-state index contributed by atoms with van der Waals surface area (Å²) in [6.45, 7) is 1.98. The van der Waals surface area contributed by atoms with Crippen LogP contribution in [0.5, 0.6) is 0 Å². The van der Waals surface area contributed by atoms with Gasteiger partial charge in [0.2, 0.25) is 0 Å². The molecular weight excluding hydrogens is 225 g/mol. The van der Waals surface area contributed by atoms with E-state index in [1.807, 2.05) is 19.1 Å². The first-order valence-electron chi connectivity index (χ1n) is 3.93. The Morgan fingerprint density at radius 2 is 2.08 bits per heavy atom. The Morgan fingerprint density at radius 3 is 2.62 bits per heavy atom. The highest BCUT2D eigenvalue weighted by atomic mass is 35.5. The molecule has 0 heterocycles. The van der Waals surface area contributed by atoms with Crippen molar-refractivity contribution in [2.75, 3.05) is 5.75 Å². The number of rotatable bonds is 3. The van der Waals surface area contributed by atoms with Crippen molar-refractivity contribution in [2.24, 2.45) is 5.73 Å². The summed E-state index contributed by atoms with van der Waals surface area (Å²) < 4.78 is 0. The predicted octanol–water partition coefficient (Wildman–Crippen LogP) is 3.43. The lowest BCUT2D eigenvalue weighted by atomic mass is 10.4. The largest absolute Gasteiger partial charge is 0.327 e. The summed E-state index contributed by atoms with van der Waals surface area (Å²) in [6, 6.07) is 5.80. The van der Waals surface area contributed by atoms with Gasteiger partial charge in [-0.05, 0) is 25.1 Å². The van der Waals surface area contributed by atoms with E-state index in [4.69, 9.17) is 28.9 Å². The molecule has 0 aliphatic rings. The highest BCUT2D eigenvalue weighted by Gasteiger charge is 2.01. The first-order valence-corrected chi connectivity index (χ1v) is 5.67. The maximum absolute atomic E-state index is 5.85. The van der Waals surface area contributed by atoms with Crippen LogP contribution in [0.2, 0.25) is 10.0 Å². The SMILES string of the molecule is C[C@@H](N)CSc1ccc(Cl)c(Cl)c1. The summed E-state index contributed by atoms with van der Waals surface area (Å²) in [5.41, 5.74) is 5.63. The van der Waals surface area contributed by atoms with Gasteiger partial charge in [0.25, 0.3) is 0 Å². The molecule has 0 bridgehead atoms. The molecule has 0 aliphatic carbocycles. The summed E-state index contributed by atoms with van der Waals surface area (Å²) in [5, 5.41) is 1.18. The maximum atomic E-state index is 5.85. The third kappa shape index (κ3) is 3.77. The van der Waals surface area contributed by atoms with Crippen LogP contribution in [-0.2, 0) is 0 Å². The minimum Gasteiger partial charge on any atom is -0.327 e. The third-order valence-corrected chi connectivity index (χ3v) is 3.42. The molecule has 0 aliphatic heterocycles. The fourth-order valence-electron chi connectivity index (χ4n) is 0.794. The molecule has 2 N–H and O–H groups in total. The molecule has 1 rings (SSSR count). The van der Waals surface area contributed by atoms with E-state index in [0.29, 0.717) is 10.0 Å². The van der Waals surface area contributed by atoms with Crippen molar-refractivity contribution in [1.82, 2.24) is 0 Å². The average Bonchev–Trinajstić information content (AvgIpc) is 2.07. The normalized spacial score (nSPS) is 12.9. The molecule has 0 spiro atoms. The van der Waals surface area contributed by atoms with E-state index in [2.05, 4.69) is 0 Å². The standard InChI is InChI=1S/C9H11Cl2NS/c1-6(12)5-13-7-2-3-8(10)9(11)4-7/h2-4,6H,5,12H2,1H3/t6-/m1/s1. The zero-order valence-corrected chi connectivity index (χ0v) is 9.59. The molecule has 0 aromatic heterocycles. The maximum Gasteiger partial charge on any atom is 0.0603 e. The lowest BCUT2D eigenvalue weighted by Crippen LogP contribution is -2.17. The van der Waals surface area contributed by atoms with E-state index in [-0.39, 0.29) is 6.04 Å². The van der Waals surface area contributed by atoms with E-state index in [9.17, 15) is 0 Å². The molecule has 1 aromatic rings. The van der Waals surface area contributed by atoms with Crippen molar-refractivity contribution in [3.63, 3.8) is 0 Å². The minimum atomic E-state index is 0.194. The molecule has 13 heavy (non-hydrogen) atoms. The number of thioether (sulfide) groups is 1. The van der Waals surface area contributed by atoms with Gasteiger partial charge in [-0.2, -0.15) is 0 Å². The summed E-state index contributed by atoms with van der Waals surface area (Å²) in [6.07, 6.45) is 0. The van der Waals surface area contributed by atoms with Crippen molar-refractivity contribution >= 4 is 35.0 Å². The second kappa shape index (κ2) is 5.11. The molecule has 0 amide bonds. The van der Waals surface area contributed by atoms with E-state index in [0.717, 1.165) is 10.6 Å². The van der Waals surface area contributed by atoms with Crippen LogP contribution >= 0.6 is 35.0 Å². The number of nitrogens with two attached hydrogens (primary N) is 1. The third-order valence-electron chi connectivity index (χ3n) is 1.40. The van der Waals surface area contributed by atoms with Gasteiger partial charge in [0.1, 0.15) is 0 Å². The topological polar surface area (TPSA) is 26.0 Å². The summed E-state index contributed by atoms with van der Waals surface area (Å²) in [7, 11) is 0. The first kappa shape index (κ1) is 11.2. The van der Waals surface area contributed by atoms with E-state index in [1.54, 1.807) is 17.8 Å². The Labute approximate surface area is 92.6 Å². The Bertz CT molecular complexity index is 289. The van der Waals surface area contributed by atoms with Crippen LogP contribution in [-0.4, -0.2) is 11.8 Å². The molecule has 0 saturated carbocycles. The van der Waals surface area contributed by atoms with Crippen LogP contribution in [0.4, 0.5) is 0 Å². The van der Waals surface area contributed by atoms with Crippen molar-refractivity contribution in [2.45, 2.75) is 17.9 Å². The summed E-state index contributed by atoms with van der Waals surface area (Å²) in [4.78, 5) is 1.10. The van der Waals surface area contributed by atoms with E-state index in [1.165, 1.54) is 0 Å². The van der Waals surface area contributed by atoms with Gasteiger partial charge in [0, 0.05) is 16.7 Å². The molecule has 0 fully saturated rings. The van der Waals surface area contributed by atoms with Gasteiger partial charge in [-0.1, -0.05) is 23.2 Å². The summed E-state index contributed by atoms with van der Waals surface area (Å²) in [5.74, 6) is 0.887. The lowest BCUT2D eigenvalue weighted by molar-refractivity contribution is 0.847. The van der Waals surface area contributed by atoms with Crippen molar-refractivity contribution in [1.29, 1.82) is 0 Å². The second-order valence-corrected chi connectivity index (χ2v) is 4.77. The fourth-order valence-corrected chi connectivity index (χ4v) is 1.98. The van der Waals surface area contributed by atoms with Gasteiger partial charge < -0.3 is 5.73 Å². The smallest absolute Gasteiger partial charge is 0.0603 e. The van der Waals surface area contributed by atoms with E-state index < -0.39 is 0 Å². The Balaban J connectivity index is 2.63. The van der Waals surface area contributed by atoms with Crippen LogP contribution in [0, 0.1) is 0 Å². The molecule has 1 nitrogen and oxygen atoms in total. The van der Waals surface area contributed by atoms with Crippen molar-refractivity contribution in [3.8, 4) is 0 Å². The predicted molar refractivity (Wildman–Crippen MR) is 60.8 cm³/mol. The number of benzene rings is 1. The van der Waals surface area contributed by atoms with E-state index >= 15 is 0 Å². The molecule has 72 valence electrons. The monoisotopic (exact) mass is 235 g/mol. The zero-order chi connectivity index (χ0) is 9.84. The fraction of sp³-hybridized carbons (Fsp3) is 0.333. The number of hydrogen-bond donors (Lipinski definition) is 1. The Hall–Kier alpha value is 0.110. The van der Waals surface area contributed by atoms with Gasteiger partial charge in [-0.15, -0.1) is 11.8 Å². The zero-order valence-electron chi connectivity index (χ0n) is 7.26. The van der Waals surface area contributed by atoms with Gasteiger partial charge >= 0.3 is 0 Å². The van der Waals surface area contributed by atoms with Crippen LogP contribution < -0.4 is 5.73 Å². The molecular formula is C9H11Cl2NS. The first-order chi connectivity index (χ1) is 6.09. The van der Waals surface area contributed by atoms with Crippen LogP contribution in [0.1, 0.15) is 6.92 Å². The number of hydrogen-bond acceptors (Lipinski definition) is 2. The highest BCUT2D eigenvalue weighted by molar-refractivity contribution is 7.99. The number of halogens is 2. The molecule has 4 heteroatoms. The van der Waals surface area contributed by atoms with Gasteiger partial charge in [-0.3, -0.25) is 0 Å². The minimum absolute atomic E-state index is 0.194. The lowest BCUT2D eigenvalue weighted by Gasteiger charge is -2.05. The van der Waals surface area contributed by atoms with Crippen LogP contribution in [0.25, 0.3) is 0 Å². The molecule has 1 atom stereocenters. The van der Waals surface area contributed by atoms with Crippen molar-refractivity contribution in [3.05, 3.63) is 28.2 Å². The van der Waals surface area contributed by atoms with Gasteiger partial charge in [0.15, 0.2) is 0 Å². The summed E-state index contributed by atoms with van der Waals surface area (Å²) >= 11 is 13.3. The molecule has 0 saturated heterocycles. The van der Waals surface area contributed by atoms with Crippen molar-refractivity contribution < 1.29 is 0 Å². The van der Waals surface area contributed by atoms with Crippen LogP contribution in [0.15, 0.2) is 23.1 Å². The second-order valence-electron chi connectivity index (χ2n) is 2.86. The molecule has 0 unspecified atom stereocenters. The molecule has 1 aromatic carbocycles. The van der Waals surface area contributed by atoms with Gasteiger partial charge in [-0.25, -0.2) is 0 Å². The Morgan fingerprint density at radius 1 is 1.38 bits per heavy atom. The Kier molecular flexibility index (Phi) is 4.39. The van der Waals surface area contributed by atoms with Crippen LogP contribution in [0.3, 0.4) is 0 Å². The molecule has 0 radical (unpaired) electrons.